The van der Waals surface area contributed by atoms with Crippen molar-refractivity contribution in [3.63, 3.8) is 0 Å². The van der Waals surface area contributed by atoms with Gasteiger partial charge >= 0.3 is 0 Å². The van der Waals surface area contributed by atoms with Crippen LogP contribution in [0.5, 0.6) is 0 Å². The summed E-state index contributed by atoms with van der Waals surface area (Å²) in [6.07, 6.45) is 8.37. The smallest absolute Gasteiger partial charge is 0.0234 e. The van der Waals surface area contributed by atoms with Gasteiger partial charge in [-0.15, -0.1) is 0 Å². The number of hydrogen-bond acceptors (Lipinski definition) is 2. The Hall–Kier alpha value is -0.860. The molecular formula is C18H28N2. The average molecular weight is 272 g/mol. The molecule has 0 bridgehead atoms. The highest BCUT2D eigenvalue weighted by atomic mass is 15.1. The van der Waals surface area contributed by atoms with Gasteiger partial charge in [0.2, 0.25) is 0 Å². The summed E-state index contributed by atoms with van der Waals surface area (Å²) in [7, 11) is 0. The van der Waals surface area contributed by atoms with Crippen molar-refractivity contribution < 1.29 is 0 Å². The second kappa shape index (κ2) is 7.24. The third kappa shape index (κ3) is 3.83. The first kappa shape index (κ1) is 14.1. The Bertz CT molecular complexity index is 384. The summed E-state index contributed by atoms with van der Waals surface area (Å²) < 4.78 is 0. The summed E-state index contributed by atoms with van der Waals surface area (Å²) in [6, 6.07) is 9.51. The van der Waals surface area contributed by atoms with Gasteiger partial charge in [0, 0.05) is 19.6 Å². The molecule has 20 heavy (non-hydrogen) atoms. The van der Waals surface area contributed by atoms with Gasteiger partial charge in [-0.05, 0) is 49.4 Å². The zero-order valence-electron chi connectivity index (χ0n) is 12.6. The van der Waals surface area contributed by atoms with Crippen molar-refractivity contribution >= 4 is 0 Å². The summed E-state index contributed by atoms with van der Waals surface area (Å²) in [5, 5.41) is 3.47. The molecule has 3 rings (SSSR count). The molecule has 0 unspecified atom stereocenters. The highest BCUT2D eigenvalue weighted by Gasteiger charge is 2.15. The van der Waals surface area contributed by atoms with E-state index < -0.39 is 0 Å². The minimum Gasteiger partial charge on any atom is -0.315 e. The highest BCUT2D eigenvalue weighted by Crippen LogP contribution is 2.32. The third-order valence-electron chi connectivity index (χ3n) is 4.90. The minimum atomic E-state index is 0.834. The van der Waals surface area contributed by atoms with Crippen LogP contribution < -0.4 is 5.32 Å². The van der Waals surface area contributed by atoms with E-state index in [1.165, 1.54) is 63.7 Å². The van der Waals surface area contributed by atoms with Crippen molar-refractivity contribution in [3.8, 4) is 0 Å². The second-order valence-corrected chi connectivity index (χ2v) is 6.46. The van der Waals surface area contributed by atoms with Crippen molar-refractivity contribution in [1.82, 2.24) is 10.2 Å². The molecule has 0 amide bonds. The third-order valence-corrected chi connectivity index (χ3v) is 4.90. The van der Waals surface area contributed by atoms with Crippen molar-refractivity contribution in [1.29, 1.82) is 0 Å². The number of benzene rings is 1. The van der Waals surface area contributed by atoms with Gasteiger partial charge in [-0.3, -0.25) is 4.90 Å². The predicted octanol–water partition coefficient (Wildman–Crippen LogP) is 3.53. The van der Waals surface area contributed by atoms with E-state index in [2.05, 4.69) is 34.5 Å². The lowest BCUT2D eigenvalue weighted by molar-refractivity contribution is 0.284. The Balaban J connectivity index is 1.57. The topological polar surface area (TPSA) is 15.3 Å². The standard InChI is InChI=1S/C18H28N2/c1-2-5-17(6-3-1)18-9-7-16(8-10-18)15-20-13-4-11-19-12-14-20/h7-10,17,19H,1-6,11-15H2. The van der Waals surface area contributed by atoms with Crippen molar-refractivity contribution in [2.24, 2.45) is 0 Å². The van der Waals surface area contributed by atoms with Crippen LogP contribution in [-0.4, -0.2) is 31.1 Å². The van der Waals surface area contributed by atoms with E-state index in [-0.39, 0.29) is 0 Å². The number of nitrogens with zero attached hydrogens (tertiary/aromatic N) is 1. The molecule has 2 aliphatic rings. The van der Waals surface area contributed by atoms with Crippen LogP contribution in [0.1, 0.15) is 55.6 Å². The van der Waals surface area contributed by atoms with Gasteiger partial charge in [-0.1, -0.05) is 43.5 Å². The molecule has 2 nitrogen and oxygen atoms in total. The second-order valence-electron chi connectivity index (χ2n) is 6.46. The summed E-state index contributed by atoms with van der Waals surface area (Å²) in [5.74, 6) is 0.834. The first-order valence-electron chi connectivity index (χ1n) is 8.44. The van der Waals surface area contributed by atoms with Gasteiger partial charge in [0.25, 0.3) is 0 Å². The molecule has 1 saturated carbocycles. The zero-order chi connectivity index (χ0) is 13.6. The summed E-state index contributed by atoms with van der Waals surface area (Å²) in [6.45, 7) is 5.85. The molecule has 2 fully saturated rings. The van der Waals surface area contributed by atoms with Crippen LogP contribution in [-0.2, 0) is 6.54 Å². The Morgan fingerprint density at radius 1 is 0.900 bits per heavy atom. The van der Waals surface area contributed by atoms with Gasteiger partial charge < -0.3 is 5.32 Å². The largest absolute Gasteiger partial charge is 0.315 e. The van der Waals surface area contributed by atoms with E-state index in [4.69, 9.17) is 0 Å². The lowest BCUT2D eigenvalue weighted by Gasteiger charge is -2.23. The van der Waals surface area contributed by atoms with Crippen LogP contribution in [0.3, 0.4) is 0 Å². The number of rotatable bonds is 3. The Labute approximate surface area is 123 Å². The molecule has 0 aromatic heterocycles. The van der Waals surface area contributed by atoms with E-state index in [0.29, 0.717) is 0 Å². The molecule has 1 aliphatic heterocycles. The minimum absolute atomic E-state index is 0.834. The normalized spacial score (nSPS) is 22.6. The maximum absolute atomic E-state index is 3.47. The first-order chi connectivity index (χ1) is 9.92. The van der Waals surface area contributed by atoms with Crippen LogP contribution in [0.25, 0.3) is 0 Å². The van der Waals surface area contributed by atoms with E-state index >= 15 is 0 Å². The molecule has 1 aliphatic carbocycles. The Morgan fingerprint density at radius 2 is 1.70 bits per heavy atom. The molecule has 1 heterocycles. The summed E-state index contributed by atoms with van der Waals surface area (Å²) >= 11 is 0. The van der Waals surface area contributed by atoms with Crippen molar-refractivity contribution in [2.45, 2.75) is 51.0 Å². The molecule has 1 N–H and O–H groups in total. The van der Waals surface area contributed by atoms with Crippen LogP contribution in [0.4, 0.5) is 0 Å². The molecule has 110 valence electrons. The zero-order valence-corrected chi connectivity index (χ0v) is 12.6. The predicted molar refractivity (Wildman–Crippen MR) is 85.0 cm³/mol. The maximum Gasteiger partial charge on any atom is 0.0234 e. The number of nitrogens with one attached hydrogen (secondary N) is 1. The Kier molecular flexibility index (Phi) is 5.10. The molecular weight excluding hydrogens is 244 g/mol. The highest BCUT2D eigenvalue weighted by molar-refractivity contribution is 5.25. The van der Waals surface area contributed by atoms with E-state index in [1.54, 1.807) is 5.56 Å². The first-order valence-corrected chi connectivity index (χ1v) is 8.44. The van der Waals surface area contributed by atoms with Gasteiger partial charge in [0.15, 0.2) is 0 Å². The maximum atomic E-state index is 3.47. The van der Waals surface area contributed by atoms with E-state index in [0.717, 1.165) is 19.0 Å². The SMILES string of the molecule is c1cc(C2CCCCC2)ccc1CN1CCCNCC1. The fraction of sp³-hybridized carbons (Fsp3) is 0.667. The summed E-state index contributed by atoms with van der Waals surface area (Å²) in [5.41, 5.74) is 3.05. The molecule has 2 heteroatoms. The molecule has 0 atom stereocenters. The molecule has 1 aromatic rings. The van der Waals surface area contributed by atoms with E-state index in [9.17, 15) is 0 Å². The quantitative estimate of drug-likeness (QED) is 0.905. The van der Waals surface area contributed by atoms with Crippen molar-refractivity contribution in [2.75, 3.05) is 26.2 Å². The van der Waals surface area contributed by atoms with Gasteiger partial charge in [-0.25, -0.2) is 0 Å². The molecule has 1 saturated heterocycles. The van der Waals surface area contributed by atoms with Crippen LogP contribution >= 0.6 is 0 Å². The lowest BCUT2D eigenvalue weighted by Crippen LogP contribution is -2.27. The summed E-state index contributed by atoms with van der Waals surface area (Å²) in [4.78, 5) is 2.58. The van der Waals surface area contributed by atoms with Crippen LogP contribution in [0, 0.1) is 0 Å². The number of hydrogen-bond donors (Lipinski definition) is 1. The van der Waals surface area contributed by atoms with Crippen LogP contribution in [0.15, 0.2) is 24.3 Å². The molecule has 0 spiro atoms. The fourth-order valence-electron chi connectivity index (χ4n) is 3.65. The van der Waals surface area contributed by atoms with Gasteiger partial charge in [-0.2, -0.15) is 0 Å². The Morgan fingerprint density at radius 3 is 2.50 bits per heavy atom. The molecule has 1 aromatic carbocycles. The van der Waals surface area contributed by atoms with Gasteiger partial charge in [0.05, 0.1) is 0 Å². The fourth-order valence-corrected chi connectivity index (χ4v) is 3.65. The van der Waals surface area contributed by atoms with Gasteiger partial charge in [0.1, 0.15) is 0 Å². The lowest BCUT2D eigenvalue weighted by atomic mass is 9.84. The van der Waals surface area contributed by atoms with Crippen LogP contribution in [0.2, 0.25) is 0 Å². The van der Waals surface area contributed by atoms with Crippen molar-refractivity contribution in [3.05, 3.63) is 35.4 Å². The molecule has 0 radical (unpaired) electrons. The average Bonchev–Trinajstić information content (AvgIpc) is 2.78. The monoisotopic (exact) mass is 272 g/mol. The van der Waals surface area contributed by atoms with E-state index in [1.807, 2.05) is 0 Å².